The van der Waals surface area contributed by atoms with Gasteiger partial charge < -0.3 is 9.30 Å². The molecule has 4 aromatic rings. The fraction of sp³-hybridized carbons (Fsp3) is 0.0870. The average molecular weight is 373 g/mol. The number of ether oxygens (including phenoxy) is 1. The second-order valence-corrected chi connectivity index (χ2v) is 7.01. The van der Waals surface area contributed by atoms with Gasteiger partial charge >= 0.3 is 0 Å². The van der Waals surface area contributed by atoms with Crippen LogP contribution in [0.3, 0.4) is 0 Å². The van der Waals surface area contributed by atoms with Gasteiger partial charge in [0.2, 0.25) is 0 Å². The Kier molecular flexibility index (Phi) is 3.85. The second kappa shape index (κ2) is 6.38. The third kappa shape index (κ3) is 2.59. The third-order valence-corrected chi connectivity index (χ3v) is 5.40. The molecule has 0 N–H and O–H groups in total. The van der Waals surface area contributed by atoms with Crippen LogP contribution in [0.25, 0.3) is 11.1 Å². The molecule has 0 amide bonds. The average Bonchev–Trinajstić information content (AvgIpc) is 3.23. The number of aromatic nitrogens is 2. The molecule has 3 aromatic carbocycles. The molecule has 0 spiro atoms. The summed E-state index contributed by atoms with van der Waals surface area (Å²) in [6, 6.07) is 26.6. The van der Waals surface area contributed by atoms with E-state index in [1.165, 1.54) is 0 Å². The Morgan fingerprint density at radius 2 is 1.56 bits per heavy atom. The standard InChI is InChI=1S/C23H17ClN2O/c24-21-13-7-6-12-20(21)23(22(27-23)26-15-14-25-16-26)19-11-5-4-10-18(19)17-8-2-1-3-9-17/h1-16,22H. The molecule has 27 heavy (non-hydrogen) atoms. The van der Waals surface area contributed by atoms with E-state index in [2.05, 4.69) is 47.4 Å². The molecule has 1 fully saturated rings. The number of epoxide rings is 1. The predicted octanol–water partition coefficient (Wildman–Crippen LogP) is 5.68. The molecule has 1 aromatic heterocycles. The van der Waals surface area contributed by atoms with Crippen LogP contribution in [0.5, 0.6) is 0 Å². The van der Waals surface area contributed by atoms with Crippen molar-refractivity contribution in [2.24, 2.45) is 0 Å². The molecule has 2 atom stereocenters. The molecular weight excluding hydrogens is 356 g/mol. The Labute approximate surface area is 162 Å². The van der Waals surface area contributed by atoms with Gasteiger partial charge in [0, 0.05) is 28.5 Å². The molecule has 1 aliphatic rings. The number of hydrogen-bond acceptors (Lipinski definition) is 2. The zero-order chi connectivity index (χ0) is 18.3. The van der Waals surface area contributed by atoms with E-state index in [0.717, 1.165) is 22.3 Å². The van der Waals surface area contributed by atoms with Crippen molar-refractivity contribution < 1.29 is 4.74 Å². The van der Waals surface area contributed by atoms with E-state index in [-0.39, 0.29) is 6.23 Å². The highest BCUT2D eigenvalue weighted by Crippen LogP contribution is 2.61. The maximum Gasteiger partial charge on any atom is 0.174 e. The van der Waals surface area contributed by atoms with Gasteiger partial charge in [-0.2, -0.15) is 0 Å². The lowest BCUT2D eigenvalue weighted by molar-refractivity contribution is 0.304. The summed E-state index contributed by atoms with van der Waals surface area (Å²) in [7, 11) is 0. The summed E-state index contributed by atoms with van der Waals surface area (Å²) in [6.07, 6.45) is 5.29. The van der Waals surface area contributed by atoms with Crippen LogP contribution in [0.15, 0.2) is 97.6 Å². The molecule has 4 heteroatoms. The van der Waals surface area contributed by atoms with Crippen LogP contribution in [0.4, 0.5) is 0 Å². The van der Waals surface area contributed by atoms with E-state index in [4.69, 9.17) is 16.3 Å². The molecule has 1 saturated heterocycles. The Morgan fingerprint density at radius 1 is 0.852 bits per heavy atom. The first-order valence-corrected chi connectivity index (χ1v) is 9.24. The van der Waals surface area contributed by atoms with Crippen molar-refractivity contribution >= 4 is 11.6 Å². The van der Waals surface area contributed by atoms with Gasteiger partial charge in [-0.15, -0.1) is 0 Å². The third-order valence-electron chi connectivity index (χ3n) is 5.07. The molecule has 1 aliphatic heterocycles. The number of imidazole rings is 1. The molecular formula is C23H17ClN2O. The lowest BCUT2D eigenvalue weighted by atomic mass is 9.84. The van der Waals surface area contributed by atoms with Crippen molar-refractivity contribution in [1.82, 2.24) is 9.55 Å². The maximum absolute atomic E-state index is 6.62. The van der Waals surface area contributed by atoms with Gasteiger partial charge in [-0.1, -0.05) is 84.4 Å². The normalized spacial score (nSPS) is 21.1. The first kappa shape index (κ1) is 16.3. The molecule has 2 heterocycles. The number of hydrogen-bond donors (Lipinski definition) is 0. The number of rotatable bonds is 4. The summed E-state index contributed by atoms with van der Waals surface area (Å²) >= 11 is 6.62. The summed E-state index contributed by atoms with van der Waals surface area (Å²) in [5, 5.41) is 0.697. The van der Waals surface area contributed by atoms with E-state index in [9.17, 15) is 0 Å². The van der Waals surface area contributed by atoms with Gasteiger partial charge in [0.05, 0.1) is 6.33 Å². The van der Waals surface area contributed by atoms with Gasteiger partial charge in [0.25, 0.3) is 0 Å². The van der Waals surface area contributed by atoms with Crippen LogP contribution in [0.2, 0.25) is 5.02 Å². The van der Waals surface area contributed by atoms with Crippen molar-refractivity contribution in [3.63, 3.8) is 0 Å². The van der Waals surface area contributed by atoms with Gasteiger partial charge in [-0.25, -0.2) is 4.98 Å². The fourth-order valence-electron chi connectivity index (χ4n) is 3.80. The molecule has 0 aliphatic carbocycles. The van der Waals surface area contributed by atoms with Crippen LogP contribution in [-0.4, -0.2) is 9.55 Å². The molecule has 0 saturated carbocycles. The number of benzene rings is 3. The smallest absolute Gasteiger partial charge is 0.174 e. The molecule has 0 radical (unpaired) electrons. The van der Waals surface area contributed by atoms with Crippen molar-refractivity contribution in [2.45, 2.75) is 11.8 Å². The topological polar surface area (TPSA) is 30.4 Å². The largest absolute Gasteiger partial charge is 0.333 e. The summed E-state index contributed by atoms with van der Waals surface area (Å²) in [5.41, 5.74) is 3.71. The minimum Gasteiger partial charge on any atom is -0.333 e. The second-order valence-electron chi connectivity index (χ2n) is 6.61. The lowest BCUT2D eigenvalue weighted by Crippen LogP contribution is -2.16. The van der Waals surface area contributed by atoms with Crippen LogP contribution in [-0.2, 0) is 10.3 Å². The highest BCUT2D eigenvalue weighted by molar-refractivity contribution is 6.31. The van der Waals surface area contributed by atoms with Crippen LogP contribution in [0, 0.1) is 0 Å². The van der Waals surface area contributed by atoms with Crippen LogP contribution in [0.1, 0.15) is 17.4 Å². The van der Waals surface area contributed by atoms with Gasteiger partial charge in [-0.05, 0) is 17.2 Å². The van der Waals surface area contributed by atoms with Crippen molar-refractivity contribution in [2.75, 3.05) is 0 Å². The predicted molar refractivity (Wildman–Crippen MR) is 106 cm³/mol. The van der Waals surface area contributed by atoms with Gasteiger partial charge in [0.1, 0.15) is 0 Å². The zero-order valence-electron chi connectivity index (χ0n) is 14.5. The molecule has 5 rings (SSSR count). The highest BCUT2D eigenvalue weighted by atomic mass is 35.5. The summed E-state index contributed by atoms with van der Waals surface area (Å²) in [5.74, 6) is 0. The van der Waals surface area contributed by atoms with Crippen molar-refractivity contribution in [3.8, 4) is 11.1 Å². The minimum atomic E-state index is -0.647. The van der Waals surface area contributed by atoms with Crippen molar-refractivity contribution in [1.29, 1.82) is 0 Å². The lowest BCUT2D eigenvalue weighted by Gasteiger charge is -2.20. The molecule has 132 valence electrons. The van der Waals surface area contributed by atoms with E-state index in [1.54, 1.807) is 12.5 Å². The molecule has 2 unspecified atom stereocenters. The summed E-state index contributed by atoms with van der Waals surface area (Å²) in [6.45, 7) is 0. The number of halogens is 1. The summed E-state index contributed by atoms with van der Waals surface area (Å²) in [4.78, 5) is 4.19. The Balaban J connectivity index is 1.74. The van der Waals surface area contributed by atoms with Gasteiger partial charge in [0.15, 0.2) is 11.8 Å². The SMILES string of the molecule is Clc1ccccc1C1(c2ccccc2-c2ccccc2)OC1n1ccnc1. The fourth-order valence-corrected chi connectivity index (χ4v) is 4.07. The maximum atomic E-state index is 6.62. The van der Waals surface area contributed by atoms with E-state index in [1.807, 2.05) is 47.2 Å². The first-order valence-electron chi connectivity index (χ1n) is 8.86. The Hall–Kier alpha value is -2.88. The monoisotopic (exact) mass is 372 g/mol. The Bertz CT molecular complexity index is 1080. The molecule has 3 nitrogen and oxygen atoms in total. The van der Waals surface area contributed by atoms with Crippen LogP contribution >= 0.6 is 11.6 Å². The summed E-state index contributed by atoms with van der Waals surface area (Å²) < 4.78 is 8.39. The van der Waals surface area contributed by atoms with E-state index < -0.39 is 5.60 Å². The zero-order valence-corrected chi connectivity index (χ0v) is 15.3. The van der Waals surface area contributed by atoms with Crippen molar-refractivity contribution in [3.05, 3.63) is 114 Å². The first-order chi connectivity index (χ1) is 13.3. The number of nitrogens with zero attached hydrogens (tertiary/aromatic N) is 2. The van der Waals surface area contributed by atoms with E-state index in [0.29, 0.717) is 5.02 Å². The quantitative estimate of drug-likeness (QED) is 0.432. The minimum absolute atomic E-state index is 0.190. The molecule has 0 bridgehead atoms. The van der Waals surface area contributed by atoms with Gasteiger partial charge in [-0.3, -0.25) is 0 Å². The Morgan fingerprint density at radius 3 is 2.30 bits per heavy atom. The van der Waals surface area contributed by atoms with Crippen LogP contribution < -0.4 is 0 Å². The van der Waals surface area contributed by atoms with E-state index >= 15 is 0 Å². The highest BCUT2D eigenvalue weighted by Gasteiger charge is 2.62.